The van der Waals surface area contributed by atoms with Crippen molar-refractivity contribution in [3.8, 4) is 0 Å². The summed E-state index contributed by atoms with van der Waals surface area (Å²) in [5.41, 5.74) is 2.87. The third-order valence-electron chi connectivity index (χ3n) is 3.43. The molecule has 1 aliphatic rings. The second-order valence-corrected chi connectivity index (χ2v) is 4.34. The van der Waals surface area contributed by atoms with Gasteiger partial charge in [-0.3, -0.25) is 4.79 Å². The van der Waals surface area contributed by atoms with Gasteiger partial charge in [0.1, 0.15) is 5.78 Å². The Hall–Kier alpha value is -1.11. The standard InChI is InChI=1S/C13H16O/c1-9(10(2)14)13-7-11-5-3-4-6-12(11)8-13/h3-6,9,13H,7-8H2,1-2H3. The topological polar surface area (TPSA) is 17.1 Å². The first-order valence-electron chi connectivity index (χ1n) is 5.25. The Balaban J connectivity index is 2.15. The summed E-state index contributed by atoms with van der Waals surface area (Å²) in [6.45, 7) is 3.76. The summed E-state index contributed by atoms with van der Waals surface area (Å²) in [4.78, 5) is 11.3. The summed E-state index contributed by atoms with van der Waals surface area (Å²) >= 11 is 0. The summed E-state index contributed by atoms with van der Waals surface area (Å²) < 4.78 is 0. The van der Waals surface area contributed by atoms with Crippen molar-refractivity contribution >= 4 is 5.78 Å². The third kappa shape index (κ3) is 1.59. The van der Waals surface area contributed by atoms with Gasteiger partial charge in [0.2, 0.25) is 0 Å². The largest absolute Gasteiger partial charge is 0.300 e. The van der Waals surface area contributed by atoms with Crippen molar-refractivity contribution in [2.75, 3.05) is 0 Å². The van der Waals surface area contributed by atoms with E-state index in [1.54, 1.807) is 6.92 Å². The molecule has 0 aromatic heterocycles. The molecule has 0 fully saturated rings. The molecule has 1 aromatic rings. The molecule has 2 rings (SSSR count). The Labute approximate surface area is 85.1 Å². The van der Waals surface area contributed by atoms with E-state index in [-0.39, 0.29) is 5.92 Å². The van der Waals surface area contributed by atoms with Crippen LogP contribution in [0.5, 0.6) is 0 Å². The molecule has 1 atom stereocenters. The maximum atomic E-state index is 11.3. The van der Waals surface area contributed by atoms with Gasteiger partial charge in [-0.15, -0.1) is 0 Å². The van der Waals surface area contributed by atoms with Crippen LogP contribution in [0.4, 0.5) is 0 Å². The van der Waals surface area contributed by atoms with E-state index < -0.39 is 0 Å². The molecule has 1 heteroatoms. The molecule has 1 aromatic carbocycles. The average Bonchev–Trinajstić information content (AvgIpc) is 2.59. The highest BCUT2D eigenvalue weighted by molar-refractivity contribution is 5.78. The maximum Gasteiger partial charge on any atom is 0.132 e. The van der Waals surface area contributed by atoms with E-state index in [2.05, 4.69) is 31.2 Å². The number of Topliss-reactive ketones (excluding diaryl/α,β-unsaturated/α-hetero) is 1. The lowest BCUT2D eigenvalue weighted by molar-refractivity contribution is -0.121. The van der Waals surface area contributed by atoms with Gasteiger partial charge in [-0.2, -0.15) is 0 Å². The number of carbonyl (C=O) groups excluding carboxylic acids is 1. The number of benzene rings is 1. The zero-order valence-electron chi connectivity index (χ0n) is 8.79. The van der Waals surface area contributed by atoms with Crippen LogP contribution < -0.4 is 0 Å². The van der Waals surface area contributed by atoms with Crippen LogP contribution in [0.2, 0.25) is 0 Å². The molecule has 1 aliphatic carbocycles. The fourth-order valence-corrected chi connectivity index (χ4v) is 2.28. The fraction of sp³-hybridized carbons (Fsp3) is 0.462. The van der Waals surface area contributed by atoms with Crippen LogP contribution in [-0.4, -0.2) is 5.78 Å². The Morgan fingerprint density at radius 3 is 2.21 bits per heavy atom. The summed E-state index contributed by atoms with van der Waals surface area (Å²) in [5.74, 6) is 1.06. The van der Waals surface area contributed by atoms with E-state index >= 15 is 0 Å². The summed E-state index contributed by atoms with van der Waals surface area (Å²) in [6.07, 6.45) is 2.16. The van der Waals surface area contributed by atoms with Crippen LogP contribution in [0.15, 0.2) is 24.3 Å². The summed E-state index contributed by atoms with van der Waals surface area (Å²) in [6, 6.07) is 8.53. The van der Waals surface area contributed by atoms with E-state index in [0.717, 1.165) is 12.8 Å². The summed E-state index contributed by atoms with van der Waals surface area (Å²) in [7, 11) is 0. The fourth-order valence-electron chi connectivity index (χ4n) is 2.28. The second kappa shape index (κ2) is 3.56. The molecule has 14 heavy (non-hydrogen) atoms. The van der Waals surface area contributed by atoms with Crippen molar-refractivity contribution in [1.82, 2.24) is 0 Å². The monoisotopic (exact) mass is 188 g/mol. The van der Waals surface area contributed by atoms with Crippen LogP contribution in [0.1, 0.15) is 25.0 Å². The smallest absolute Gasteiger partial charge is 0.132 e. The van der Waals surface area contributed by atoms with Gasteiger partial charge in [0.15, 0.2) is 0 Å². The second-order valence-electron chi connectivity index (χ2n) is 4.34. The lowest BCUT2D eigenvalue weighted by Crippen LogP contribution is -2.18. The van der Waals surface area contributed by atoms with E-state index in [0.29, 0.717) is 11.7 Å². The van der Waals surface area contributed by atoms with Gasteiger partial charge in [-0.1, -0.05) is 31.2 Å². The number of hydrogen-bond acceptors (Lipinski definition) is 1. The predicted octanol–water partition coefficient (Wildman–Crippen LogP) is 2.63. The highest BCUT2D eigenvalue weighted by Crippen LogP contribution is 2.31. The minimum Gasteiger partial charge on any atom is -0.300 e. The molecule has 0 bridgehead atoms. The lowest BCUT2D eigenvalue weighted by atomic mass is 9.89. The quantitative estimate of drug-likeness (QED) is 0.697. The molecule has 0 spiro atoms. The number of rotatable bonds is 2. The molecule has 0 aliphatic heterocycles. The van der Waals surface area contributed by atoms with Gasteiger partial charge in [-0.05, 0) is 36.8 Å². The Morgan fingerprint density at radius 1 is 1.29 bits per heavy atom. The SMILES string of the molecule is CC(=O)C(C)C1Cc2ccccc2C1. The van der Waals surface area contributed by atoms with Gasteiger partial charge in [-0.25, -0.2) is 0 Å². The Morgan fingerprint density at radius 2 is 1.79 bits per heavy atom. The molecule has 1 nitrogen and oxygen atoms in total. The van der Waals surface area contributed by atoms with Gasteiger partial charge >= 0.3 is 0 Å². The van der Waals surface area contributed by atoms with Crippen LogP contribution >= 0.6 is 0 Å². The zero-order valence-corrected chi connectivity index (χ0v) is 8.79. The van der Waals surface area contributed by atoms with Crippen LogP contribution in [-0.2, 0) is 17.6 Å². The van der Waals surface area contributed by atoms with Crippen LogP contribution in [0, 0.1) is 11.8 Å². The van der Waals surface area contributed by atoms with Crippen LogP contribution in [0.25, 0.3) is 0 Å². The molecule has 0 radical (unpaired) electrons. The Kier molecular flexibility index (Phi) is 2.40. The minimum atomic E-state index is 0.211. The first-order valence-corrected chi connectivity index (χ1v) is 5.25. The predicted molar refractivity (Wildman–Crippen MR) is 57.2 cm³/mol. The summed E-state index contributed by atoms with van der Waals surface area (Å²) in [5, 5.41) is 0. The molecule has 74 valence electrons. The zero-order chi connectivity index (χ0) is 10.1. The first kappa shape index (κ1) is 9.45. The highest BCUT2D eigenvalue weighted by Gasteiger charge is 2.27. The molecule has 0 heterocycles. The number of ketones is 1. The molecule has 0 saturated heterocycles. The van der Waals surface area contributed by atoms with Crippen molar-refractivity contribution in [2.45, 2.75) is 26.7 Å². The Bertz CT molecular complexity index is 329. The minimum absolute atomic E-state index is 0.211. The molecule has 1 unspecified atom stereocenters. The average molecular weight is 188 g/mol. The van der Waals surface area contributed by atoms with Crippen molar-refractivity contribution in [3.63, 3.8) is 0 Å². The molecule has 0 saturated carbocycles. The van der Waals surface area contributed by atoms with E-state index in [9.17, 15) is 4.79 Å². The van der Waals surface area contributed by atoms with E-state index in [4.69, 9.17) is 0 Å². The van der Waals surface area contributed by atoms with E-state index in [1.807, 2.05) is 0 Å². The molecule has 0 N–H and O–H groups in total. The van der Waals surface area contributed by atoms with Crippen molar-refractivity contribution in [1.29, 1.82) is 0 Å². The number of carbonyl (C=O) groups is 1. The lowest BCUT2D eigenvalue weighted by Gasteiger charge is -2.14. The van der Waals surface area contributed by atoms with Gasteiger partial charge in [0.05, 0.1) is 0 Å². The van der Waals surface area contributed by atoms with Crippen molar-refractivity contribution in [2.24, 2.45) is 11.8 Å². The van der Waals surface area contributed by atoms with Gasteiger partial charge in [0, 0.05) is 5.92 Å². The van der Waals surface area contributed by atoms with Crippen molar-refractivity contribution < 1.29 is 4.79 Å². The van der Waals surface area contributed by atoms with Crippen molar-refractivity contribution in [3.05, 3.63) is 35.4 Å². The molecular weight excluding hydrogens is 172 g/mol. The van der Waals surface area contributed by atoms with Crippen LogP contribution in [0.3, 0.4) is 0 Å². The third-order valence-corrected chi connectivity index (χ3v) is 3.43. The first-order chi connectivity index (χ1) is 6.68. The normalized spacial score (nSPS) is 17.9. The highest BCUT2D eigenvalue weighted by atomic mass is 16.1. The van der Waals surface area contributed by atoms with Gasteiger partial charge < -0.3 is 0 Å². The molecular formula is C13H16O. The maximum absolute atomic E-state index is 11.3. The van der Waals surface area contributed by atoms with E-state index in [1.165, 1.54) is 11.1 Å². The molecule has 0 amide bonds. The number of hydrogen-bond donors (Lipinski definition) is 0. The number of fused-ring (bicyclic) bond motifs is 1. The van der Waals surface area contributed by atoms with Gasteiger partial charge in [0.25, 0.3) is 0 Å².